The van der Waals surface area contributed by atoms with Crippen LogP contribution in [0.5, 0.6) is 17.2 Å². The number of ketones is 3. The van der Waals surface area contributed by atoms with E-state index in [9.17, 15) is 38.7 Å². The summed E-state index contributed by atoms with van der Waals surface area (Å²) in [6, 6.07) is 9.51. The first kappa shape index (κ1) is 51.0. The lowest BCUT2D eigenvalue weighted by atomic mass is 9.86. The molecule has 2 saturated heterocycles. The van der Waals surface area contributed by atoms with Crippen LogP contribution in [-0.4, -0.2) is 130 Å². The molecule has 4 aromatic rings. The molecule has 70 heavy (non-hydrogen) atoms. The number of nitrogens with zero attached hydrogens (tertiary/aromatic N) is 4. The molecular formula is C52H62N4O14. The smallest absolute Gasteiger partial charge is 0.411 e. The van der Waals surface area contributed by atoms with Crippen molar-refractivity contribution >= 4 is 63.3 Å². The Morgan fingerprint density at radius 2 is 1.31 bits per heavy atom. The first-order valence-corrected chi connectivity index (χ1v) is 23.4. The zero-order chi connectivity index (χ0) is 51.2. The summed E-state index contributed by atoms with van der Waals surface area (Å²) < 4.78 is 32.2. The average molecular weight is 967 g/mol. The lowest BCUT2D eigenvalue weighted by molar-refractivity contribution is -0.146. The number of likely N-dealkylation sites (tertiary alicyclic amines) is 2. The maximum absolute atomic E-state index is 13.7. The highest BCUT2D eigenvalue weighted by molar-refractivity contribution is 6.12. The van der Waals surface area contributed by atoms with Gasteiger partial charge in [0.05, 0.1) is 74.4 Å². The minimum Gasteiger partial charge on any atom is -0.505 e. The van der Waals surface area contributed by atoms with Crippen LogP contribution in [0.15, 0.2) is 36.4 Å². The standard InChI is InChI=1S/C26H30N2O7.C15H15NO2.C11H17NO5/c1-25(2,3)35-24(31)28-13-26(11-18(28)23(30)33-5)12-19(29)20-16-10-15(32-4)8-9-17(16)27-21(14-6-7-14)22(20)34-26;1-8-3-6-12-11(7-8)13(9(2)17)15(18)14(16-12)10-4-5-10;1-11(2,3)17-10(15)12-6-7(13)5-8(12)9(14)16-4/h8-10,14,18H,6-7,11-13H2,1-5H3;3,6-7,10,18H,4-5H2,1-2H3;8H,5-6H2,1-4H3/t18-,26?;;8-/m0.0/s1. The second-order valence-corrected chi connectivity index (χ2v) is 20.6. The fourth-order valence-corrected chi connectivity index (χ4v) is 8.96. The maximum Gasteiger partial charge on any atom is 0.411 e. The topological polar surface area (TPSA) is 227 Å². The number of rotatable bonds is 6. The van der Waals surface area contributed by atoms with E-state index in [0.29, 0.717) is 45.1 Å². The van der Waals surface area contributed by atoms with Crippen LogP contribution in [0, 0.1) is 6.92 Å². The zero-order valence-electron chi connectivity index (χ0n) is 41.7. The monoisotopic (exact) mass is 966 g/mol. The van der Waals surface area contributed by atoms with Crippen molar-refractivity contribution in [1.29, 1.82) is 0 Å². The molecular weight excluding hydrogens is 905 g/mol. The number of aromatic nitrogens is 2. The molecule has 2 saturated carbocycles. The number of amides is 2. The first-order chi connectivity index (χ1) is 32.9. The van der Waals surface area contributed by atoms with Crippen LogP contribution in [0.2, 0.25) is 0 Å². The molecule has 1 unspecified atom stereocenters. The summed E-state index contributed by atoms with van der Waals surface area (Å²) in [4.78, 5) is 97.5. The molecule has 2 amide bonds. The molecule has 1 N–H and O–H groups in total. The molecule has 5 heterocycles. The van der Waals surface area contributed by atoms with Crippen LogP contribution >= 0.6 is 0 Å². The van der Waals surface area contributed by atoms with E-state index in [-0.39, 0.29) is 61.4 Å². The van der Waals surface area contributed by atoms with Crippen molar-refractivity contribution in [1.82, 2.24) is 19.8 Å². The van der Waals surface area contributed by atoms with Crippen LogP contribution in [-0.2, 0) is 33.3 Å². The Hall–Kier alpha value is -6.85. The quantitative estimate of drug-likeness (QED) is 0.109. The molecule has 4 fully saturated rings. The molecule has 9 rings (SSSR count). The highest BCUT2D eigenvalue weighted by atomic mass is 16.6. The highest BCUT2D eigenvalue weighted by Crippen LogP contribution is 2.51. The summed E-state index contributed by atoms with van der Waals surface area (Å²) in [7, 11) is 4.07. The van der Waals surface area contributed by atoms with Gasteiger partial charge in [0.25, 0.3) is 0 Å². The van der Waals surface area contributed by atoms with Crippen LogP contribution < -0.4 is 9.47 Å². The minimum absolute atomic E-state index is 0.00802. The van der Waals surface area contributed by atoms with Crippen molar-refractivity contribution in [3.05, 3.63) is 64.5 Å². The van der Waals surface area contributed by atoms with Crippen molar-refractivity contribution in [3.63, 3.8) is 0 Å². The van der Waals surface area contributed by atoms with Crippen LogP contribution in [0.25, 0.3) is 21.8 Å². The minimum atomic E-state index is -1.07. The van der Waals surface area contributed by atoms with Gasteiger partial charge in [-0.1, -0.05) is 11.6 Å². The SMILES string of the molecule is CC(=O)c1c(O)c(C2CC2)nc2ccc(C)cc12.COC(=O)[C@@H]1CC(=O)CN1C(=O)OC(C)(C)C.COC(=O)[C@@H]1CC2(CC(=O)c3c(c(C4CC4)nc4ccc(OC)cc34)O2)CN1C(=O)OC(C)(C)C. The van der Waals surface area contributed by atoms with Gasteiger partial charge in [0.1, 0.15) is 40.4 Å². The molecule has 3 atom stereocenters. The van der Waals surface area contributed by atoms with Gasteiger partial charge in [-0.05, 0) is 111 Å². The number of aromatic hydroxyl groups is 1. The molecule has 2 aromatic carbocycles. The number of aryl methyl sites for hydroxylation is 1. The van der Waals surface area contributed by atoms with Crippen LogP contribution in [0.3, 0.4) is 0 Å². The number of benzene rings is 2. The van der Waals surface area contributed by atoms with Gasteiger partial charge >= 0.3 is 24.1 Å². The highest BCUT2D eigenvalue weighted by Gasteiger charge is 2.56. The van der Waals surface area contributed by atoms with Gasteiger partial charge in [0.2, 0.25) is 0 Å². The van der Waals surface area contributed by atoms with E-state index in [1.165, 1.54) is 26.0 Å². The second kappa shape index (κ2) is 19.5. The van der Waals surface area contributed by atoms with Gasteiger partial charge in [-0.3, -0.25) is 24.2 Å². The maximum atomic E-state index is 13.7. The molecule has 18 heteroatoms. The van der Waals surface area contributed by atoms with Gasteiger partial charge in [0.15, 0.2) is 23.1 Å². The van der Waals surface area contributed by atoms with E-state index in [1.807, 2.05) is 37.3 Å². The Balaban J connectivity index is 0.000000173. The third-order valence-corrected chi connectivity index (χ3v) is 12.4. The number of Topliss-reactive ketones (excluding diaryl/α,β-unsaturated/α-hetero) is 3. The summed E-state index contributed by atoms with van der Waals surface area (Å²) in [5.74, 6) is 0.160. The van der Waals surface area contributed by atoms with E-state index in [4.69, 9.17) is 28.7 Å². The van der Waals surface area contributed by atoms with E-state index in [1.54, 1.807) is 54.7 Å². The number of fused-ring (bicyclic) bond motifs is 4. The normalized spacial score (nSPS) is 20.7. The number of hydrogen-bond donors (Lipinski definition) is 1. The fraction of sp³-hybridized carbons (Fsp3) is 0.519. The summed E-state index contributed by atoms with van der Waals surface area (Å²) >= 11 is 0. The zero-order valence-corrected chi connectivity index (χ0v) is 41.7. The number of esters is 2. The Bertz CT molecular complexity index is 2790. The number of carbonyl (C=O) groups is 7. The predicted octanol–water partition coefficient (Wildman–Crippen LogP) is 8.07. The van der Waals surface area contributed by atoms with Crippen molar-refractivity contribution in [2.45, 2.75) is 141 Å². The van der Waals surface area contributed by atoms with Gasteiger partial charge in [-0.15, -0.1) is 0 Å². The Morgan fingerprint density at radius 1 is 0.757 bits per heavy atom. The predicted molar refractivity (Wildman–Crippen MR) is 254 cm³/mol. The first-order valence-electron chi connectivity index (χ1n) is 23.4. The molecule has 2 aromatic heterocycles. The molecule has 3 aliphatic heterocycles. The molecule has 0 radical (unpaired) electrons. The van der Waals surface area contributed by atoms with Crippen molar-refractivity contribution in [2.24, 2.45) is 0 Å². The van der Waals surface area contributed by atoms with Gasteiger partial charge in [0, 0.05) is 35.4 Å². The fourth-order valence-electron chi connectivity index (χ4n) is 8.96. The van der Waals surface area contributed by atoms with Crippen LogP contribution in [0.4, 0.5) is 9.59 Å². The van der Waals surface area contributed by atoms with Crippen molar-refractivity contribution < 1.29 is 67.1 Å². The summed E-state index contributed by atoms with van der Waals surface area (Å²) in [5.41, 5.74) is 2.46. The van der Waals surface area contributed by atoms with Crippen molar-refractivity contribution in [3.8, 4) is 17.2 Å². The third-order valence-electron chi connectivity index (χ3n) is 12.4. The number of ether oxygens (including phenoxy) is 6. The van der Waals surface area contributed by atoms with Crippen LogP contribution in [0.1, 0.15) is 143 Å². The van der Waals surface area contributed by atoms with Gasteiger partial charge < -0.3 is 33.5 Å². The lowest BCUT2D eigenvalue weighted by Gasteiger charge is -2.36. The van der Waals surface area contributed by atoms with Gasteiger partial charge in [-0.2, -0.15) is 0 Å². The summed E-state index contributed by atoms with van der Waals surface area (Å²) in [6.45, 7) is 13.8. The van der Waals surface area contributed by atoms with E-state index < -0.39 is 53.0 Å². The number of carbonyl (C=O) groups excluding carboxylic acids is 7. The van der Waals surface area contributed by atoms with E-state index in [2.05, 4.69) is 9.72 Å². The molecule has 2 aliphatic carbocycles. The Labute approximate surface area is 406 Å². The molecule has 0 bridgehead atoms. The lowest BCUT2D eigenvalue weighted by Crippen LogP contribution is -2.47. The molecule has 1 spiro atoms. The molecule has 18 nitrogen and oxygen atoms in total. The molecule has 374 valence electrons. The Morgan fingerprint density at radius 3 is 1.89 bits per heavy atom. The second-order valence-electron chi connectivity index (χ2n) is 20.6. The average Bonchev–Trinajstić information content (AvgIpc) is 4.23. The number of hydrogen-bond acceptors (Lipinski definition) is 16. The largest absolute Gasteiger partial charge is 0.505 e. The Kier molecular flexibility index (Phi) is 14.2. The number of pyridine rings is 2. The summed E-state index contributed by atoms with van der Waals surface area (Å²) in [6.07, 6.45) is 2.88. The third kappa shape index (κ3) is 11.1. The number of methoxy groups -OCH3 is 3. The van der Waals surface area contributed by atoms with Gasteiger partial charge in [-0.25, -0.2) is 29.1 Å². The van der Waals surface area contributed by atoms with Crippen molar-refractivity contribution in [2.75, 3.05) is 34.4 Å². The summed E-state index contributed by atoms with van der Waals surface area (Å²) in [5, 5.41) is 11.7. The molecule has 5 aliphatic rings. The van der Waals surface area contributed by atoms with E-state index >= 15 is 0 Å². The van der Waals surface area contributed by atoms with E-state index in [0.717, 1.165) is 52.7 Å².